The number of rotatable bonds is 8. The van der Waals surface area contributed by atoms with E-state index in [1.807, 2.05) is 12.3 Å². The first-order valence-corrected chi connectivity index (χ1v) is 11.7. The van der Waals surface area contributed by atoms with E-state index < -0.39 is 11.8 Å². The van der Waals surface area contributed by atoms with Crippen LogP contribution in [-0.4, -0.2) is 33.7 Å². The fraction of sp³-hybridized carbons (Fsp3) is 0.208. The summed E-state index contributed by atoms with van der Waals surface area (Å²) in [6.07, 6.45) is 0.675. The Labute approximate surface area is 204 Å². The summed E-state index contributed by atoms with van der Waals surface area (Å²) in [5.74, 6) is -0.392. The van der Waals surface area contributed by atoms with Gasteiger partial charge < -0.3 is 9.47 Å². The van der Waals surface area contributed by atoms with Crippen molar-refractivity contribution in [1.82, 2.24) is 25.6 Å². The molecule has 2 amide bonds. The lowest BCUT2D eigenvalue weighted by molar-refractivity contribution is 0.0843. The van der Waals surface area contributed by atoms with Gasteiger partial charge in [-0.25, -0.2) is 9.67 Å². The van der Waals surface area contributed by atoms with Crippen LogP contribution in [0.5, 0.6) is 11.5 Å². The minimum atomic E-state index is -0.644. The molecule has 0 unspecified atom stereocenters. The monoisotopic (exact) mass is 493 g/mol. The zero-order valence-corrected chi connectivity index (χ0v) is 19.9. The Hall–Kier alpha value is -4.25. The van der Waals surface area contributed by atoms with E-state index in [1.165, 1.54) is 29.2 Å². The number of aryl methyl sites for hydroxylation is 1. The number of hydrogen-bond acceptors (Lipinski definition) is 8. The Bertz CT molecular complexity index is 1420. The molecular weight excluding hydrogens is 470 g/mol. The van der Waals surface area contributed by atoms with E-state index in [0.717, 1.165) is 5.69 Å². The van der Waals surface area contributed by atoms with E-state index in [1.54, 1.807) is 41.9 Å². The van der Waals surface area contributed by atoms with Crippen LogP contribution in [0.2, 0.25) is 0 Å². The highest BCUT2D eigenvalue weighted by atomic mass is 32.1. The van der Waals surface area contributed by atoms with Crippen LogP contribution in [0, 0.1) is 0 Å². The van der Waals surface area contributed by atoms with Gasteiger partial charge in [-0.3, -0.25) is 25.2 Å². The summed E-state index contributed by atoms with van der Waals surface area (Å²) in [7, 11) is 1.47. The number of nitrogens with zero attached hydrogens (tertiary/aromatic N) is 3. The molecule has 2 heterocycles. The Morgan fingerprint density at radius 2 is 1.83 bits per heavy atom. The van der Waals surface area contributed by atoms with Crippen molar-refractivity contribution in [2.45, 2.75) is 26.5 Å². The van der Waals surface area contributed by atoms with Crippen LogP contribution in [0.3, 0.4) is 0 Å². The third kappa shape index (κ3) is 5.30. The van der Waals surface area contributed by atoms with Gasteiger partial charge in [0.15, 0.2) is 17.2 Å². The molecule has 0 radical (unpaired) electrons. The van der Waals surface area contributed by atoms with Crippen LogP contribution in [0.25, 0.3) is 10.8 Å². The number of carbonyl (C=O) groups is 2. The van der Waals surface area contributed by atoms with Gasteiger partial charge in [0.25, 0.3) is 17.4 Å². The molecular formula is C24H23N5O5S. The fourth-order valence-corrected chi connectivity index (χ4v) is 3.94. The third-order valence-corrected chi connectivity index (χ3v) is 5.73. The summed E-state index contributed by atoms with van der Waals surface area (Å²) in [5, 5.41) is 6.88. The second kappa shape index (κ2) is 10.8. The molecule has 0 saturated carbocycles. The van der Waals surface area contributed by atoms with Gasteiger partial charge in [0.2, 0.25) is 0 Å². The number of amides is 2. The maximum absolute atomic E-state index is 12.9. The Kier molecular flexibility index (Phi) is 7.36. The first-order valence-electron chi connectivity index (χ1n) is 10.8. The smallest absolute Gasteiger partial charge is 0.290 e. The summed E-state index contributed by atoms with van der Waals surface area (Å²) in [5.41, 5.74) is 7.28. The standard InChI is InChI=1S/C24H23N5O5S/c1-3-10-29-24(32)18-7-5-4-6-17(18)21(28-29)23(31)27-26-22(30)15-8-9-19(20(11-15)33-2)34-12-16-13-35-14-25-16/h4-9,11,13-14H,3,10,12H2,1-2H3,(H,26,30)(H,27,31). The number of aromatic nitrogens is 3. The molecule has 11 heteroatoms. The minimum Gasteiger partial charge on any atom is -0.493 e. The van der Waals surface area contributed by atoms with Gasteiger partial charge in [0.1, 0.15) is 6.61 Å². The Morgan fingerprint density at radius 1 is 1.06 bits per heavy atom. The summed E-state index contributed by atoms with van der Waals surface area (Å²) < 4.78 is 12.3. The van der Waals surface area contributed by atoms with Crippen LogP contribution < -0.4 is 25.9 Å². The zero-order valence-electron chi connectivity index (χ0n) is 19.1. The first-order chi connectivity index (χ1) is 17.0. The molecule has 0 saturated heterocycles. The van der Waals surface area contributed by atoms with Gasteiger partial charge in [0, 0.05) is 22.9 Å². The Balaban J connectivity index is 1.48. The quantitative estimate of drug-likeness (QED) is 0.362. The molecule has 35 heavy (non-hydrogen) atoms. The van der Waals surface area contributed by atoms with E-state index in [0.29, 0.717) is 35.2 Å². The molecule has 4 aromatic rings. The van der Waals surface area contributed by atoms with Crippen molar-refractivity contribution in [3.8, 4) is 11.5 Å². The van der Waals surface area contributed by atoms with Crippen molar-refractivity contribution >= 4 is 33.9 Å². The number of hydrazine groups is 1. The zero-order chi connectivity index (χ0) is 24.8. The molecule has 0 aliphatic heterocycles. The van der Waals surface area contributed by atoms with E-state index in [9.17, 15) is 14.4 Å². The van der Waals surface area contributed by atoms with E-state index in [4.69, 9.17) is 9.47 Å². The van der Waals surface area contributed by atoms with Crippen molar-refractivity contribution in [2.75, 3.05) is 7.11 Å². The number of methoxy groups -OCH3 is 1. The van der Waals surface area contributed by atoms with Crippen molar-refractivity contribution in [2.24, 2.45) is 0 Å². The average Bonchev–Trinajstić information content (AvgIpc) is 3.41. The highest BCUT2D eigenvalue weighted by Crippen LogP contribution is 2.28. The van der Waals surface area contributed by atoms with Gasteiger partial charge in [-0.1, -0.05) is 25.1 Å². The molecule has 0 spiro atoms. The number of ether oxygens (including phenoxy) is 2. The first kappa shape index (κ1) is 23.9. The van der Waals surface area contributed by atoms with E-state index in [-0.39, 0.29) is 23.4 Å². The molecule has 2 aromatic heterocycles. The van der Waals surface area contributed by atoms with Gasteiger partial charge in [-0.05, 0) is 30.7 Å². The fourth-order valence-electron chi connectivity index (χ4n) is 3.40. The van der Waals surface area contributed by atoms with E-state index >= 15 is 0 Å². The second-order valence-corrected chi connectivity index (χ2v) is 8.18. The van der Waals surface area contributed by atoms with Crippen molar-refractivity contribution < 1.29 is 19.1 Å². The van der Waals surface area contributed by atoms with Gasteiger partial charge in [-0.15, -0.1) is 11.3 Å². The van der Waals surface area contributed by atoms with Crippen molar-refractivity contribution in [3.63, 3.8) is 0 Å². The summed E-state index contributed by atoms with van der Waals surface area (Å²) in [6.45, 7) is 2.54. The summed E-state index contributed by atoms with van der Waals surface area (Å²) in [4.78, 5) is 42.4. The van der Waals surface area contributed by atoms with Gasteiger partial charge >= 0.3 is 0 Å². The van der Waals surface area contributed by atoms with Crippen LogP contribution in [0.15, 0.2) is 58.1 Å². The van der Waals surface area contributed by atoms with Crippen LogP contribution in [0.4, 0.5) is 0 Å². The van der Waals surface area contributed by atoms with Crippen LogP contribution >= 0.6 is 11.3 Å². The number of hydrogen-bond donors (Lipinski definition) is 2. The van der Waals surface area contributed by atoms with Crippen LogP contribution in [0.1, 0.15) is 39.9 Å². The molecule has 0 atom stereocenters. The topological polar surface area (TPSA) is 124 Å². The van der Waals surface area contributed by atoms with E-state index in [2.05, 4.69) is 20.9 Å². The number of benzene rings is 2. The molecule has 0 aliphatic rings. The maximum Gasteiger partial charge on any atom is 0.290 e. The van der Waals surface area contributed by atoms with Crippen LogP contribution in [-0.2, 0) is 13.2 Å². The molecule has 0 fully saturated rings. The molecule has 10 nitrogen and oxygen atoms in total. The highest BCUT2D eigenvalue weighted by molar-refractivity contribution is 7.07. The average molecular weight is 494 g/mol. The highest BCUT2D eigenvalue weighted by Gasteiger charge is 2.18. The Morgan fingerprint density at radius 3 is 2.54 bits per heavy atom. The van der Waals surface area contributed by atoms with Gasteiger partial charge in [-0.2, -0.15) is 5.10 Å². The molecule has 0 aliphatic carbocycles. The van der Waals surface area contributed by atoms with Gasteiger partial charge in [0.05, 0.1) is 23.7 Å². The third-order valence-electron chi connectivity index (χ3n) is 5.09. The number of nitrogens with one attached hydrogen (secondary N) is 2. The summed E-state index contributed by atoms with van der Waals surface area (Å²) in [6, 6.07) is 11.4. The minimum absolute atomic E-state index is 0.0392. The number of fused-ring (bicyclic) bond motifs is 1. The number of carbonyl (C=O) groups excluding carboxylic acids is 2. The lowest BCUT2D eigenvalue weighted by atomic mass is 10.1. The normalized spacial score (nSPS) is 10.7. The van der Waals surface area contributed by atoms with Crippen molar-refractivity contribution in [3.05, 3.63) is 80.7 Å². The molecule has 180 valence electrons. The number of thiazole rings is 1. The molecule has 0 bridgehead atoms. The molecule has 2 N–H and O–H groups in total. The lowest BCUT2D eigenvalue weighted by Gasteiger charge is -2.13. The summed E-state index contributed by atoms with van der Waals surface area (Å²) >= 11 is 1.47. The molecule has 4 rings (SSSR count). The van der Waals surface area contributed by atoms with Crippen molar-refractivity contribution in [1.29, 1.82) is 0 Å². The predicted octanol–water partition coefficient (Wildman–Crippen LogP) is 2.93. The predicted molar refractivity (Wildman–Crippen MR) is 131 cm³/mol. The largest absolute Gasteiger partial charge is 0.493 e. The lowest BCUT2D eigenvalue weighted by Crippen LogP contribution is -2.42. The maximum atomic E-state index is 12.9. The second-order valence-electron chi connectivity index (χ2n) is 7.46. The SMILES string of the molecule is CCCn1nc(C(=O)NNC(=O)c2ccc(OCc3cscn3)c(OC)c2)c2ccccc2c1=O. The molecule has 2 aromatic carbocycles.